The summed E-state index contributed by atoms with van der Waals surface area (Å²) in [5.41, 5.74) is 2.53. The molecule has 0 bridgehead atoms. The standard InChI is InChI=1S/C22H24Cl3N5O/c23-15-8-14(20(17(24)9-15)31-12-13-3-4-13)10-26-16-2-1-7-30(11-16)22-27-18-5-6-19(25)28-21(18)29-22/h5-6,8-9,13,16,26H,1-4,7,10-12H2,(H,27,28,29). The summed E-state index contributed by atoms with van der Waals surface area (Å²) in [7, 11) is 0. The summed E-state index contributed by atoms with van der Waals surface area (Å²) in [5, 5.41) is 5.31. The van der Waals surface area contributed by atoms with Crippen molar-refractivity contribution in [3.8, 4) is 5.75 Å². The van der Waals surface area contributed by atoms with E-state index < -0.39 is 0 Å². The van der Waals surface area contributed by atoms with Gasteiger partial charge in [0.2, 0.25) is 5.95 Å². The van der Waals surface area contributed by atoms with E-state index in [4.69, 9.17) is 39.5 Å². The molecular weight excluding hydrogens is 457 g/mol. The molecule has 3 heterocycles. The van der Waals surface area contributed by atoms with Crippen molar-refractivity contribution in [1.82, 2.24) is 20.3 Å². The van der Waals surface area contributed by atoms with E-state index in [9.17, 15) is 0 Å². The van der Waals surface area contributed by atoms with Crippen molar-refractivity contribution in [2.24, 2.45) is 5.92 Å². The summed E-state index contributed by atoms with van der Waals surface area (Å²) in [6.45, 7) is 3.16. The maximum Gasteiger partial charge on any atom is 0.205 e. The topological polar surface area (TPSA) is 66.1 Å². The molecule has 3 aromatic rings. The zero-order chi connectivity index (χ0) is 21.4. The molecule has 1 atom stereocenters. The molecular formula is C22H24Cl3N5O. The number of anilines is 1. The number of aromatic nitrogens is 3. The van der Waals surface area contributed by atoms with E-state index in [-0.39, 0.29) is 0 Å². The van der Waals surface area contributed by atoms with E-state index >= 15 is 0 Å². The number of hydrogen-bond acceptors (Lipinski definition) is 5. The number of halogens is 3. The number of H-pyrrole nitrogens is 1. The number of nitrogens with one attached hydrogen (secondary N) is 2. The van der Waals surface area contributed by atoms with Crippen molar-refractivity contribution in [3.63, 3.8) is 0 Å². The van der Waals surface area contributed by atoms with E-state index in [0.29, 0.717) is 39.4 Å². The average molecular weight is 481 g/mol. The number of pyridine rings is 1. The third kappa shape index (κ3) is 5.03. The second kappa shape index (κ2) is 9.02. The van der Waals surface area contributed by atoms with Crippen LogP contribution in [0.5, 0.6) is 5.75 Å². The molecule has 1 unspecified atom stereocenters. The smallest absolute Gasteiger partial charge is 0.205 e. The van der Waals surface area contributed by atoms with E-state index in [1.165, 1.54) is 12.8 Å². The van der Waals surface area contributed by atoms with E-state index in [0.717, 1.165) is 55.3 Å². The van der Waals surface area contributed by atoms with Gasteiger partial charge in [0.25, 0.3) is 0 Å². The number of fused-ring (bicyclic) bond motifs is 1. The van der Waals surface area contributed by atoms with Crippen LogP contribution < -0.4 is 15.0 Å². The second-order valence-corrected chi connectivity index (χ2v) is 9.59. The number of piperidine rings is 1. The quantitative estimate of drug-likeness (QED) is 0.439. The predicted molar refractivity (Wildman–Crippen MR) is 126 cm³/mol. The van der Waals surface area contributed by atoms with Crippen LogP contribution in [0.3, 0.4) is 0 Å². The minimum absolute atomic E-state index is 0.313. The fourth-order valence-corrected chi connectivity index (χ4v) is 4.72. The molecule has 1 aliphatic carbocycles. The first-order valence-corrected chi connectivity index (χ1v) is 11.8. The third-order valence-electron chi connectivity index (χ3n) is 5.85. The van der Waals surface area contributed by atoms with Crippen LogP contribution in [0.4, 0.5) is 5.95 Å². The minimum atomic E-state index is 0.313. The highest BCUT2D eigenvalue weighted by molar-refractivity contribution is 6.35. The van der Waals surface area contributed by atoms with Crippen molar-refractivity contribution in [2.75, 3.05) is 24.6 Å². The molecule has 0 amide bonds. The average Bonchev–Trinajstić information content (AvgIpc) is 3.48. The highest BCUT2D eigenvalue weighted by atomic mass is 35.5. The van der Waals surface area contributed by atoms with Gasteiger partial charge in [-0.2, -0.15) is 4.98 Å². The molecule has 0 radical (unpaired) electrons. The molecule has 1 aliphatic heterocycles. The Balaban J connectivity index is 1.26. The molecule has 0 spiro atoms. The summed E-state index contributed by atoms with van der Waals surface area (Å²) >= 11 is 18.7. The lowest BCUT2D eigenvalue weighted by Crippen LogP contribution is -2.46. The summed E-state index contributed by atoms with van der Waals surface area (Å²) in [5.74, 6) is 2.24. The Labute approximate surface area is 196 Å². The lowest BCUT2D eigenvalue weighted by atomic mass is 10.1. The van der Waals surface area contributed by atoms with Crippen LogP contribution in [0, 0.1) is 5.92 Å². The number of nitrogens with zero attached hydrogens (tertiary/aromatic N) is 3. The Morgan fingerprint density at radius 2 is 2.00 bits per heavy atom. The molecule has 2 fully saturated rings. The molecule has 6 nitrogen and oxygen atoms in total. The van der Waals surface area contributed by atoms with Crippen molar-refractivity contribution in [1.29, 1.82) is 0 Å². The summed E-state index contributed by atoms with van der Waals surface area (Å²) in [6, 6.07) is 7.68. The van der Waals surface area contributed by atoms with Crippen LogP contribution in [0.25, 0.3) is 11.2 Å². The number of benzene rings is 1. The Morgan fingerprint density at radius 3 is 2.84 bits per heavy atom. The van der Waals surface area contributed by atoms with Crippen LogP contribution in [-0.4, -0.2) is 40.7 Å². The van der Waals surface area contributed by atoms with Gasteiger partial charge in [0.15, 0.2) is 5.65 Å². The largest absolute Gasteiger partial charge is 0.491 e. The summed E-state index contributed by atoms with van der Waals surface area (Å²) in [6.07, 6.45) is 4.64. The highest BCUT2D eigenvalue weighted by Gasteiger charge is 2.25. The summed E-state index contributed by atoms with van der Waals surface area (Å²) in [4.78, 5) is 14.5. The van der Waals surface area contributed by atoms with Crippen molar-refractivity contribution < 1.29 is 4.74 Å². The molecule has 5 rings (SSSR count). The molecule has 1 aromatic carbocycles. The lowest BCUT2D eigenvalue weighted by Gasteiger charge is -2.33. The summed E-state index contributed by atoms with van der Waals surface area (Å²) < 4.78 is 6.05. The van der Waals surface area contributed by atoms with Crippen LogP contribution >= 0.6 is 34.8 Å². The van der Waals surface area contributed by atoms with Gasteiger partial charge in [-0.05, 0) is 55.9 Å². The zero-order valence-electron chi connectivity index (χ0n) is 17.0. The maximum absolute atomic E-state index is 6.44. The normalized spacial score (nSPS) is 19.2. The molecule has 1 saturated heterocycles. The van der Waals surface area contributed by atoms with Gasteiger partial charge < -0.3 is 19.9 Å². The number of imidazole rings is 1. The highest BCUT2D eigenvalue weighted by Crippen LogP contribution is 2.36. The van der Waals surface area contributed by atoms with E-state index in [2.05, 4.69) is 25.2 Å². The van der Waals surface area contributed by atoms with E-state index in [1.807, 2.05) is 12.1 Å². The third-order valence-corrected chi connectivity index (χ3v) is 6.56. The van der Waals surface area contributed by atoms with Gasteiger partial charge in [-0.1, -0.05) is 34.8 Å². The van der Waals surface area contributed by atoms with Gasteiger partial charge in [0.05, 0.1) is 17.1 Å². The van der Waals surface area contributed by atoms with Gasteiger partial charge in [-0.3, -0.25) is 0 Å². The van der Waals surface area contributed by atoms with Crippen molar-refractivity contribution in [2.45, 2.75) is 38.3 Å². The van der Waals surface area contributed by atoms with Crippen LogP contribution in [0.2, 0.25) is 15.2 Å². The molecule has 31 heavy (non-hydrogen) atoms. The zero-order valence-corrected chi connectivity index (χ0v) is 19.3. The fourth-order valence-electron chi connectivity index (χ4n) is 3.99. The first-order chi connectivity index (χ1) is 15.0. The van der Waals surface area contributed by atoms with E-state index in [1.54, 1.807) is 12.1 Å². The van der Waals surface area contributed by atoms with Crippen LogP contribution in [-0.2, 0) is 6.54 Å². The molecule has 9 heteroatoms. The molecule has 164 valence electrons. The first kappa shape index (κ1) is 21.1. The van der Waals surface area contributed by atoms with Crippen molar-refractivity contribution >= 4 is 51.9 Å². The van der Waals surface area contributed by atoms with Crippen LogP contribution in [0.1, 0.15) is 31.2 Å². The molecule has 2 N–H and O–H groups in total. The Hall–Kier alpha value is -1.73. The number of aromatic amines is 1. The molecule has 2 aromatic heterocycles. The second-order valence-electron chi connectivity index (χ2n) is 8.36. The maximum atomic E-state index is 6.44. The predicted octanol–water partition coefficient (Wildman–Crippen LogP) is 5.47. The Bertz CT molecular complexity index is 1080. The van der Waals surface area contributed by atoms with Gasteiger partial charge in [-0.15, -0.1) is 0 Å². The fraction of sp³-hybridized carbons (Fsp3) is 0.455. The molecule has 1 saturated carbocycles. The Kier molecular flexibility index (Phi) is 6.15. The number of hydrogen-bond donors (Lipinski definition) is 2. The monoisotopic (exact) mass is 479 g/mol. The minimum Gasteiger partial charge on any atom is -0.491 e. The SMILES string of the molecule is Clc1cc(Cl)c(OCC2CC2)c(CNC2CCCN(c3nc4nc(Cl)ccc4[nH]3)C2)c1. The van der Waals surface area contributed by atoms with Gasteiger partial charge in [-0.25, -0.2) is 4.98 Å². The lowest BCUT2D eigenvalue weighted by molar-refractivity contribution is 0.295. The Morgan fingerprint density at radius 1 is 1.13 bits per heavy atom. The van der Waals surface area contributed by atoms with Gasteiger partial charge in [0, 0.05) is 36.3 Å². The van der Waals surface area contributed by atoms with Gasteiger partial charge in [0.1, 0.15) is 10.9 Å². The molecule has 2 aliphatic rings. The number of ether oxygens (including phenoxy) is 1. The number of rotatable bonds is 7. The van der Waals surface area contributed by atoms with Crippen LogP contribution in [0.15, 0.2) is 24.3 Å². The van der Waals surface area contributed by atoms with Gasteiger partial charge >= 0.3 is 0 Å². The first-order valence-electron chi connectivity index (χ1n) is 10.7. The van der Waals surface area contributed by atoms with Crippen molar-refractivity contribution in [3.05, 3.63) is 45.0 Å².